The average molecular weight is 166 g/mol. The molecule has 0 amide bonds. The zero-order valence-electron chi connectivity index (χ0n) is 7.77. The summed E-state index contributed by atoms with van der Waals surface area (Å²) in [6.07, 6.45) is 1.47. The molecular weight excluding hydrogens is 152 g/mol. The largest absolute Gasteiger partial charge is 0.346 e. The average Bonchev–Trinajstić information content (AvgIpc) is 2.30. The third kappa shape index (κ3) is 1.72. The van der Waals surface area contributed by atoms with Gasteiger partial charge in [0.15, 0.2) is 5.78 Å². The molecule has 1 rings (SSSR count). The number of rotatable bonds is 3. The van der Waals surface area contributed by atoms with Gasteiger partial charge >= 0.3 is 0 Å². The molecule has 0 aliphatic rings. The van der Waals surface area contributed by atoms with Crippen LogP contribution in [0.3, 0.4) is 0 Å². The minimum absolute atomic E-state index is 0.138. The van der Waals surface area contributed by atoms with E-state index < -0.39 is 0 Å². The molecule has 1 aromatic rings. The Morgan fingerprint density at radius 2 is 2.17 bits per heavy atom. The highest BCUT2D eigenvalue weighted by molar-refractivity contribution is 5.95. The molecule has 0 aliphatic heterocycles. The summed E-state index contributed by atoms with van der Waals surface area (Å²) in [4.78, 5) is 18.5. The predicted molar refractivity (Wildman–Crippen MR) is 47.3 cm³/mol. The summed E-state index contributed by atoms with van der Waals surface area (Å²) in [7, 11) is 0. The highest BCUT2D eigenvalue weighted by Crippen LogP contribution is 2.08. The molecule has 3 heteroatoms. The topological polar surface area (TPSA) is 45.8 Å². The van der Waals surface area contributed by atoms with E-state index in [0.717, 1.165) is 17.9 Å². The van der Waals surface area contributed by atoms with E-state index in [-0.39, 0.29) is 5.78 Å². The van der Waals surface area contributed by atoms with E-state index in [0.29, 0.717) is 12.1 Å². The van der Waals surface area contributed by atoms with Crippen LogP contribution in [-0.2, 0) is 0 Å². The lowest BCUT2D eigenvalue weighted by Crippen LogP contribution is -2.00. The van der Waals surface area contributed by atoms with E-state index >= 15 is 0 Å². The van der Waals surface area contributed by atoms with Gasteiger partial charge in [-0.15, -0.1) is 0 Å². The first kappa shape index (κ1) is 8.97. The highest BCUT2D eigenvalue weighted by Gasteiger charge is 2.11. The molecule has 0 unspecified atom stereocenters. The van der Waals surface area contributed by atoms with E-state index in [1.807, 2.05) is 20.8 Å². The van der Waals surface area contributed by atoms with Crippen LogP contribution in [0.4, 0.5) is 0 Å². The number of carbonyl (C=O) groups is 1. The first-order valence-corrected chi connectivity index (χ1v) is 4.21. The number of aromatic nitrogens is 2. The monoisotopic (exact) mass is 166 g/mol. The molecular formula is C9H14N2O. The zero-order chi connectivity index (χ0) is 9.14. The molecule has 0 aliphatic carbocycles. The van der Waals surface area contributed by atoms with Gasteiger partial charge < -0.3 is 4.98 Å². The summed E-state index contributed by atoms with van der Waals surface area (Å²) < 4.78 is 0. The molecule has 3 nitrogen and oxygen atoms in total. The summed E-state index contributed by atoms with van der Waals surface area (Å²) in [6, 6.07) is 0. The number of Topliss-reactive ketones (excluding diaryl/α,β-unsaturated/α-hetero) is 1. The number of hydrogen-bond acceptors (Lipinski definition) is 2. The number of ketones is 1. The van der Waals surface area contributed by atoms with Crippen molar-refractivity contribution in [2.45, 2.75) is 33.6 Å². The first-order valence-electron chi connectivity index (χ1n) is 4.21. The third-order valence-electron chi connectivity index (χ3n) is 1.74. The molecule has 0 spiro atoms. The number of carbonyl (C=O) groups excluding carboxylic acids is 1. The van der Waals surface area contributed by atoms with Crippen LogP contribution in [0.15, 0.2) is 0 Å². The van der Waals surface area contributed by atoms with E-state index in [2.05, 4.69) is 9.97 Å². The first-order chi connectivity index (χ1) is 5.65. The van der Waals surface area contributed by atoms with Crippen LogP contribution in [-0.4, -0.2) is 15.8 Å². The quantitative estimate of drug-likeness (QED) is 0.698. The van der Waals surface area contributed by atoms with Gasteiger partial charge in [-0.3, -0.25) is 4.79 Å². The maximum atomic E-state index is 11.4. The predicted octanol–water partition coefficient (Wildman–Crippen LogP) is 2.01. The van der Waals surface area contributed by atoms with Crippen LogP contribution >= 0.6 is 0 Å². The third-order valence-corrected chi connectivity index (χ3v) is 1.74. The number of H-pyrrole nitrogens is 1. The molecule has 0 saturated heterocycles. The van der Waals surface area contributed by atoms with Crippen LogP contribution in [0.2, 0.25) is 0 Å². The normalized spacial score (nSPS) is 10.2. The number of nitrogens with one attached hydrogen (secondary N) is 1. The van der Waals surface area contributed by atoms with Crippen molar-refractivity contribution in [3.05, 3.63) is 17.2 Å². The van der Waals surface area contributed by atoms with E-state index in [4.69, 9.17) is 0 Å². The van der Waals surface area contributed by atoms with Gasteiger partial charge in [0.05, 0.1) is 0 Å². The molecule has 66 valence electrons. The fourth-order valence-electron chi connectivity index (χ4n) is 1.23. The van der Waals surface area contributed by atoms with Gasteiger partial charge in [0.2, 0.25) is 0 Å². The fraction of sp³-hybridized carbons (Fsp3) is 0.556. The lowest BCUT2D eigenvalue weighted by Gasteiger charge is -1.93. The van der Waals surface area contributed by atoms with Crippen LogP contribution in [0, 0.1) is 13.8 Å². The Bertz CT molecular complexity index is 289. The van der Waals surface area contributed by atoms with Crippen LogP contribution in [0.1, 0.15) is 41.8 Å². The van der Waals surface area contributed by atoms with Gasteiger partial charge in [-0.2, -0.15) is 0 Å². The Balaban J connectivity index is 2.87. The van der Waals surface area contributed by atoms with Gasteiger partial charge in [-0.05, 0) is 20.3 Å². The van der Waals surface area contributed by atoms with Gasteiger partial charge in [0, 0.05) is 12.1 Å². The SMILES string of the molecule is CCCC(=O)c1nc(C)[nH]c1C. The van der Waals surface area contributed by atoms with Crippen molar-refractivity contribution < 1.29 is 4.79 Å². The second-order valence-electron chi connectivity index (χ2n) is 2.97. The van der Waals surface area contributed by atoms with E-state index in [9.17, 15) is 4.79 Å². The molecule has 0 radical (unpaired) electrons. The van der Waals surface area contributed by atoms with Crippen LogP contribution in [0.5, 0.6) is 0 Å². The fourth-order valence-corrected chi connectivity index (χ4v) is 1.23. The summed E-state index contributed by atoms with van der Waals surface area (Å²) in [5.74, 6) is 0.950. The van der Waals surface area contributed by atoms with E-state index in [1.165, 1.54) is 0 Å². The maximum absolute atomic E-state index is 11.4. The molecule has 0 fully saturated rings. The second-order valence-corrected chi connectivity index (χ2v) is 2.97. The molecule has 0 atom stereocenters. The Labute approximate surface area is 72.2 Å². The lowest BCUT2D eigenvalue weighted by atomic mass is 10.1. The van der Waals surface area contributed by atoms with Crippen molar-refractivity contribution >= 4 is 5.78 Å². The van der Waals surface area contributed by atoms with Crippen molar-refractivity contribution in [2.75, 3.05) is 0 Å². The smallest absolute Gasteiger partial charge is 0.183 e. The van der Waals surface area contributed by atoms with Gasteiger partial charge in [-0.1, -0.05) is 6.92 Å². The number of aromatic amines is 1. The number of aryl methyl sites for hydroxylation is 2. The van der Waals surface area contributed by atoms with Gasteiger partial charge in [0.25, 0.3) is 0 Å². The molecule has 1 aromatic heterocycles. The maximum Gasteiger partial charge on any atom is 0.183 e. The summed E-state index contributed by atoms with van der Waals surface area (Å²) in [5, 5.41) is 0. The second kappa shape index (κ2) is 3.52. The standard InChI is InChI=1S/C9H14N2O/c1-4-5-8(12)9-6(2)10-7(3)11-9/h4-5H2,1-3H3,(H,10,11). The minimum atomic E-state index is 0.138. The summed E-state index contributed by atoms with van der Waals surface area (Å²) >= 11 is 0. The summed E-state index contributed by atoms with van der Waals surface area (Å²) in [5.41, 5.74) is 1.49. The molecule has 12 heavy (non-hydrogen) atoms. The molecule has 1 heterocycles. The number of hydrogen-bond donors (Lipinski definition) is 1. The Morgan fingerprint density at radius 1 is 1.50 bits per heavy atom. The number of nitrogens with zero attached hydrogens (tertiary/aromatic N) is 1. The van der Waals surface area contributed by atoms with Crippen LogP contribution in [0.25, 0.3) is 0 Å². The van der Waals surface area contributed by atoms with Crippen LogP contribution < -0.4 is 0 Å². The van der Waals surface area contributed by atoms with Crippen molar-refractivity contribution in [1.82, 2.24) is 9.97 Å². The zero-order valence-corrected chi connectivity index (χ0v) is 7.77. The molecule has 1 N–H and O–H groups in total. The van der Waals surface area contributed by atoms with Crippen molar-refractivity contribution in [2.24, 2.45) is 0 Å². The molecule has 0 bridgehead atoms. The van der Waals surface area contributed by atoms with E-state index in [1.54, 1.807) is 0 Å². The Kier molecular flexibility index (Phi) is 2.63. The number of imidazole rings is 1. The summed E-state index contributed by atoms with van der Waals surface area (Å²) in [6.45, 7) is 5.73. The highest BCUT2D eigenvalue weighted by atomic mass is 16.1. The van der Waals surface area contributed by atoms with Gasteiger partial charge in [-0.25, -0.2) is 4.98 Å². The van der Waals surface area contributed by atoms with Gasteiger partial charge in [0.1, 0.15) is 11.5 Å². The lowest BCUT2D eigenvalue weighted by molar-refractivity contribution is 0.0976. The minimum Gasteiger partial charge on any atom is -0.346 e. The molecule has 0 aromatic carbocycles. The molecule has 0 saturated carbocycles. The Hall–Kier alpha value is -1.12. The van der Waals surface area contributed by atoms with Crippen molar-refractivity contribution in [1.29, 1.82) is 0 Å². The Morgan fingerprint density at radius 3 is 2.58 bits per heavy atom. The van der Waals surface area contributed by atoms with Crippen molar-refractivity contribution in [3.8, 4) is 0 Å². The van der Waals surface area contributed by atoms with Crippen molar-refractivity contribution in [3.63, 3.8) is 0 Å².